The van der Waals surface area contributed by atoms with Crippen molar-refractivity contribution in [2.24, 2.45) is 0 Å². The fraction of sp³-hybridized carbons (Fsp3) is 0.409. The van der Waals surface area contributed by atoms with Crippen LogP contribution in [0.5, 0.6) is 0 Å². The molecule has 1 saturated heterocycles. The topological polar surface area (TPSA) is 64.2 Å². The highest BCUT2D eigenvalue weighted by atomic mass is 35.5. The molecule has 1 fully saturated rings. The molecule has 6 nitrogen and oxygen atoms in total. The van der Waals surface area contributed by atoms with Crippen LogP contribution in [0, 0.1) is 13.8 Å². The minimum atomic E-state index is -0.118. The number of benzene rings is 1. The second-order valence-corrected chi connectivity index (χ2v) is 8.09. The Morgan fingerprint density at radius 3 is 2.76 bits per heavy atom. The van der Waals surface area contributed by atoms with Crippen molar-refractivity contribution in [3.05, 3.63) is 70.2 Å². The molecule has 0 bridgehead atoms. The SMILES string of the molecule is Cc1cc(C)n(CC(=O)N2CCCCC2c2ncc(Cc3ccc(Cl)cc3)o2)n1. The van der Waals surface area contributed by atoms with Crippen molar-refractivity contribution in [3.63, 3.8) is 0 Å². The molecule has 1 atom stereocenters. The Hall–Kier alpha value is -2.60. The number of halogens is 1. The first-order valence-electron chi connectivity index (χ1n) is 9.99. The molecule has 2 aromatic heterocycles. The number of carbonyl (C=O) groups is 1. The van der Waals surface area contributed by atoms with Crippen molar-refractivity contribution < 1.29 is 9.21 Å². The van der Waals surface area contributed by atoms with E-state index in [0.29, 0.717) is 17.3 Å². The maximum absolute atomic E-state index is 13.0. The van der Waals surface area contributed by atoms with Crippen molar-refractivity contribution in [3.8, 4) is 0 Å². The summed E-state index contributed by atoms with van der Waals surface area (Å²) in [6.45, 7) is 4.87. The summed E-state index contributed by atoms with van der Waals surface area (Å²) in [5.41, 5.74) is 3.02. The standard InChI is InChI=1S/C22H25ClN4O2/c1-15-11-16(2)27(25-15)14-21(28)26-10-4-3-5-20(26)22-24-13-19(29-22)12-17-6-8-18(23)9-7-17/h6-9,11,13,20H,3-5,10,12,14H2,1-2H3. The van der Waals surface area contributed by atoms with Gasteiger partial charge in [0.15, 0.2) is 0 Å². The average Bonchev–Trinajstić information content (AvgIpc) is 3.29. The van der Waals surface area contributed by atoms with Gasteiger partial charge in [0.2, 0.25) is 11.8 Å². The average molecular weight is 413 g/mol. The van der Waals surface area contributed by atoms with E-state index in [0.717, 1.165) is 48.5 Å². The summed E-state index contributed by atoms with van der Waals surface area (Å²) < 4.78 is 7.82. The van der Waals surface area contributed by atoms with Gasteiger partial charge in [-0.1, -0.05) is 23.7 Å². The molecule has 152 valence electrons. The zero-order valence-corrected chi connectivity index (χ0v) is 17.5. The molecule has 1 unspecified atom stereocenters. The Morgan fingerprint density at radius 1 is 1.24 bits per heavy atom. The first-order valence-corrected chi connectivity index (χ1v) is 10.4. The van der Waals surface area contributed by atoms with Gasteiger partial charge in [-0.15, -0.1) is 0 Å². The number of hydrogen-bond donors (Lipinski definition) is 0. The molecular weight excluding hydrogens is 388 g/mol. The smallest absolute Gasteiger partial charge is 0.244 e. The lowest BCUT2D eigenvalue weighted by atomic mass is 10.0. The molecule has 0 aliphatic carbocycles. The third-order valence-corrected chi connectivity index (χ3v) is 5.61. The van der Waals surface area contributed by atoms with E-state index < -0.39 is 0 Å². The van der Waals surface area contributed by atoms with Crippen LogP contribution in [0.3, 0.4) is 0 Å². The monoisotopic (exact) mass is 412 g/mol. The van der Waals surface area contributed by atoms with Crippen molar-refractivity contribution in [2.75, 3.05) is 6.54 Å². The normalized spacial score (nSPS) is 16.9. The van der Waals surface area contributed by atoms with Crippen LogP contribution in [0.1, 0.15) is 53.9 Å². The minimum Gasteiger partial charge on any atom is -0.443 e. The Labute approximate surface area is 175 Å². The highest BCUT2D eigenvalue weighted by Gasteiger charge is 2.31. The molecule has 4 rings (SSSR count). The number of aryl methyl sites for hydroxylation is 2. The summed E-state index contributed by atoms with van der Waals surface area (Å²) in [5, 5.41) is 5.13. The predicted molar refractivity (Wildman–Crippen MR) is 111 cm³/mol. The Kier molecular flexibility index (Phi) is 5.72. The third kappa shape index (κ3) is 4.53. The van der Waals surface area contributed by atoms with Gasteiger partial charge in [0.1, 0.15) is 18.3 Å². The number of amides is 1. The van der Waals surface area contributed by atoms with E-state index in [1.54, 1.807) is 10.9 Å². The van der Waals surface area contributed by atoms with Crippen LogP contribution in [0.4, 0.5) is 0 Å². The maximum atomic E-state index is 13.0. The Bertz CT molecular complexity index is 993. The highest BCUT2D eigenvalue weighted by Crippen LogP contribution is 2.31. The van der Waals surface area contributed by atoms with Crippen molar-refractivity contribution in [1.29, 1.82) is 0 Å². The van der Waals surface area contributed by atoms with Crippen molar-refractivity contribution in [1.82, 2.24) is 19.7 Å². The van der Waals surface area contributed by atoms with Crippen LogP contribution in [0.2, 0.25) is 5.02 Å². The van der Waals surface area contributed by atoms with Gasteiger partial charge >= 0.3 is 0 Å². The van der Waals surface area contributed by atoms with Gasteiger partial charge in [0.05, 0.1) is 11.9 Å². The molecule has 29 heavy (non-hydrogen) atoms. The van der Waals surface area contributed by atoms with Crippen LogP contribution in [0.25, 0.3) is 0 Å². The minimum absolute atomic E-state index is 0.0540. The van der Waals surface area contributed by atoms with E-state index in [-0.39, 0.29) is 18.5 Å². The van der Waals surface area contributed by atoms with Crippen molar-refractivity contribution >= 4 is 17.5 Å². The number of piperidine rings is 1. The summed E-state index contributed by atoms with van der Waals surface area (Å²) >= 11 is 5.96. The van der Waals surface area contributed by atoms with E-state index in [2.05, 4.69) is 10.1 Å². The molecule has 0 spiro atoms. The maximum Gasteiger partial charge on any atom is 0.244 e. The number of carbonyl (C=O) groups excluding carboxylic acids is 1. The van der Waals surface area contributed by atoms with Crippen LogP contribution < -0.4 is 0 Å². The fourth-order valence-corrected chi connectivity index (χ4v) is 4.03. The molecule has 1 aromatic carbocycles. The number of aromatic nitrogens is 3. The van der Waals surface area contributed by atoms with Gasteiger partial charge in [0.25, 0.3) is 0 Å². The van der Waals surface area contributed by atoms with Crippen LogP contribution in [0.15, 0.2) is 40.9 Å². The van der Waals surface area contributed by atoms with Crippen LogP contribution >= 0.6 is 11.6 Å². The molecule has 3 heterocycles. The Morgan fingerprint density at radius 2 is 2.03 bits per heavy atom. The quantitative estimate of drug-likeness (QED) is 0.619. The zero-order chi connectivity index (χ0) is 20.4. The van der Waals surface area contributed by atoms with Crippen molar-refractivity contribution in [2.45, 2.75) is 52.1 Å². The van der Waals surface area contributed by atoms with E-state index in [1.807, 2.05) is 49.1 Å². The molecule has 1 amide bonds. The zero-order valence-electron chi connectivity index (χ0n) is 16.8. The summed E-state index contributed by atoms with van der Waals surface area (Å²) in [6.07, 6.45) is 5.34. The van der Waals surface area contributed by atoms with Crippen LogP contribution in [-0.2, 0) is 17.8 Å². The van der Waals surface area contributed by atoms with Crippen LogP contribution in [-0.4, -0.2) is 32.1 Å². The first kappa shape index (κ1) is 19.7. The lowest BCUT2D eigenvalue weighted by molar-refractivity contribution is -0.136. The molecular formula is C22H25ClN4O2. The Balaban J connectivity index is 1.48. The molecule has 1 aliphatic rings. The van der Waals surface area contributed by atoms with Gasteiger partial charge in [0, 0.05) is 23.7 Å². The molecule has 1 aliphatic heterocycles. The number of rotatable bonds is 5. The van der Waals surface area contributed by atoms with Gasteiger partial charge in [-0.05, 0) is 56.9 Å². The lowest BCUT2D eigenvalue weighted by Gasteiger charge is -2.33. The van der Waals surface area contributed by atoms with Gasteiger partial charge in [-0.2, -0.15) is 5.10 Å². The summed E-state index contributed by atoms with van der Waals surface area (Å²) in [5.74, 6) is 1.47. The van der Waals surface area contributed by atoms with E-state index in [9.17, 15) is 4.79 Å². The predicted octanol–water partition coefficient (Wildman–Crippen LogP) is 4.49. The van der Waals surface area contributed by atoms with E-state index in [1.165, 1.54) is 0 Å². The molecule has 7 heteroatoms. The summed E-state index contributed by atoms with van der Waals surface area (Å²) in [7, 11) is 0. The first-order chi connectivity index (χ1) is 14.0. The van der Waals surface area contributed by atoms with E-state index in [4.69, 9.17) is 16.0 Å². The fourth-order valence-electron chi connectivity index (χ4n) is 3.90. The summed E-state index contributed by atoms with van der Waals surface area (Å²) in [4.78, 5) is 19.4. The highest BCUT2D eigenvalue weighted by molar-refractivity contribution is 6.30. The largest absolute Gasteiger partial charge is 0.443 e. The summed E-state index contributed by atoms with van der Waals surface area (Å²) in [6, 6.07) is 9.57. The van der Waals surface area contributed by atoms with Gasteiger partial charge in [-0.3, -0.25) is 9.48 Å². The number of oxazole rings is 1. The molecule has 0 radical (unpaired) electrons. The molecule has 3 aromatic rings. The number of likely N-dealkylation sites (tertiary alicyclic amines) is 1. The second kappa shape index (κ2) is 8.41. The number of hydrogen-bond acceptors (Lipinski definition) is 4. The molecule has 0 N–H and O–H groups in total. The lowest BCUT2D eigenvalue weighted by Crippen LogP contribution is -2.40. The van der Waals surface area contributed by atoms with Gasteiger partial charge in [-0.25, -0.2) is 4.98 Å². The molecule has 0 saturated carbocycles. The van der Waals surface area contributed by atoms with E-state index >= 15 is 0 Å². The number of nitrogens with zero attached hydrogens (tertiary/aromatic N) is 4. The third-order valence-electron chi connectivity index (χ3n) is 5.36. The van der Waals surface area contributed by atoms with Gasteiger partial charge < -0.3 is 9.32 Å². The second-order valence-electron chi connectivity index (χ2n) is 7.65.